The standard InChI is InChI=1S/C24H26N4O5/c1-5-33-23(32)24(4)14-21(27-19-8-6-17(7-9-19)25-15(2)29)22(31)28(24)20-12-10-18(11-13-20)26-16(3)30/h6-14,27H,5H2,1-4H3,(H,25,29)(H,26,30)/t24-/m1/s1. The van der Waals surface area contributed by atoms with Gasteiger partial charge in [-0.25, -0.2) is 4.79 Å². The Hall–Kier alpha value is -4.14. The number of hydrogen-bond donors (Lipinski definition) is 3. The minimum atomic E-state index is -1.37. The topological polar surface area (TPSA) is 117 Å². The van der Waals surface area contributed by atoms with Crippen LogP contribution in [0.15, 0.2) is 60.3 Å². The molecule has 0 aromatic heterocycles. The fraction of sp³-hybridized carbons (Fsp3) is 0.250. The van der Waals surface area contributed by atoms with Crippen molar-refractivity contribution in [1.82, 2.24) is 0 Å². The average molecular weight is 450 g/mol. The Morgan fingerprint density at radius 3 is 1.85 bits per heavy atom. The number of hydrogen-bond acceptors (Lipinski definition) is 6. The molecule has 172 valence electrons. The van der Waals surface area contributed by atoms with E-state index in [1.54, 1.807) is 62.4 Å². The van der Waals surface area contributed by atoms with E-state index >= 15 is 0 Å². The maximum atomic E-state index is 13.4. The summed E-state index contributed by atoms with van der Waals surface area (Å²) in [7, 11) is 0. The van der Waals surface area contributed by atoms with Crippen molar-refractivity contribution in [2.24, 2.45) is 0 Å². The van der Waals surface area contributed by atoms with Crippen molar-refractivity contribution in [2.45, 2.75) is 33.2 Å². The second kappa shape index (κ2) is 9.56. The molecule has 3 rings (SSSR count). The van der Waals surface area contributed by atoms with Gasteiger partial charge in [0.2, 0.25) is 11.8 Å². The lowest BCUT2D eigenvalue weighted by atomic mass is 10.0. The van der Waals surface area contributed by atoms with Crippen LogP contribution >= 0.6 is 0 Å². The van der Waals surface area contributed by atoms with E-state index < -0.39 is 17.4 Å². The predicted octanol–water partition coefficient (Wildman–Crippen LogP) is 3.27. The number of esters is 1. The molecule has 9 nitrogen and oxygen atoms in total. The number of carbonyl (C=O) groups is 4. The summed E-state index contributed by atoms with van der Waals surface area (Å²) in [4.78, 5) is 50.1. The van der Waals surface area contributed by atoms with E-state index in [1.807, 2.05) is 0 Å². The molecule has 9 heteroatoms. The third kappa shape index (κ3) is 5.20. The van der Waals surface area contributed by atoms with Crippen LogP contribution in [-0.4, -0.2) is 35.8 Å². The molecule has 3 amide bonds. The fourth-order valence-corrected chi connectivity index (χ4v) is 3.53. The van der Waals surface area contributed by atoms with Crippen molar-refractivity contribution >= 4 is 46.4 Å². The van der Waals surface area contributed by atoms with Crippen LogP contribution < -0.4 is 20.9 Å². The van der Waals surface area contributed by atoms with E-state index in [0.717, 1.165) is 0 Å². The summed E-state index contributed by atoms with van der Waals surface area (Å²) in [5, 5.41) is 8.40. The van der Waals surface area contributed by atoms with Gasteiger partial charge in [0.15, 0.2) is 5.54 Å². The van der Waals surface area contributed by atoms with Crippen molar-refractivity contribution in [3.63, 3.8) is 0 Å². The Bertz CT molecular complexity index is 1110. The van der Waals surface area contributed by atoms with E-state index in [4.69, 9.17) is 4.74 Å². The maximum Gasteiger partial charge on any atom is 0.336 e. The molecule has 1 heterocycles. The first-order valence-corrected chi connectivity index (χ1v) is 10.4. The number of carbonyl (C=O) groups excluding carboxylic acids is 4. The molecule has 33 heavy (non-hydrogen) atoms. The van der Waals surface area contributed by atoms with Gasteiger partial charge in [-0.2, -0.15) is 0 Å². The van der Waals surface area contributed by atoms with Crippen LogP contribution in [0.5, 0.6) is 0 Å². The summed E-state index contributed by atoms with van der Waals surface area (Å²) < 4.78 is 5.25. The molecule has 0 radical (unpaired) electrons. The molecular weight excluding hydrogens is 424 g/mol. The smallest absolute Gasteiger partial charge is 0.336 e. The number of nitrogens with zero attached hydrogens (tertiary/aromatic N) is 1. The van der Waals surface area contributed by atoms with Gasteiger partial charge in [0.25, 0.3) is 5.91 Å². The quantitative estimate of drug-likeness (QED) is 0.558. The van der Waals surface area contributed by atoms with Crippen molar-refractivity contribution < 1.29 is 23.9 Å². The predicted molar refractivity (Wildman–Crippen MR) is 126 cm³/mol. The number of rotatable bonds is 7. The molecular formula is C24H26N4O5. The summed E-state index contributed by atoms with van der Waals surface area (Å²) in [6.45, 7) is 6.30. The third-order valence-corrected chi connectivity index (χ3v) is 4.94. The third-order valence-electron chi connectivity index (χ3n) is 4.94. The minimum Gasteiger partial charge on any atom is -0.464 e. The number of ether oxygens (including phenoxy) is 1. The molecule has 3 N–H and O–H groups in total. The lowest BCUT2D eigenvalue weighted by Gasteiger charge is -2.32. The van der Waals surface area contributed by atoms with Gasteiger partial charge in [0.05, 0.1) is 6.61 Å². The fourth-order valence-electron chi connectivity index (χ4n) is 3.53. The van der Waals surface area contributed by atoms with E-state index in [0.29, 0.717) is 22.7 Å². The van der Waals surface area contributed by atoms with Crippen LogP contribution in [0, 0.1) is 0 Å². The lowest BCUT2D eigenvalue weighted by molar-refractivity contribution is -0.147. The van der Waals surface area contributed by atoms with Gasteiger partial charge in [-0.3, -0.25) is 19.3 Å². The first-order valence-electron chi connectivity index (χ1n) is 10.4. The van der Waals surface area contributed by atoms with E-state index in [-0.39, 0.29) is 24.1 Å². The molecule has 0 spiro atoms. The molecule has 0 bridgehead atoms. The van der Waals surface area contributed by atoms with E-state index in [1.165, 1.54) is 24.8 Å². The van der Waals surface area contributed by atoms with Gasteiger partial charge in [0.1, 0.15) is 5.70 Å². The summed E-state index contributed by atoms with van der Waals surface area (Å²) in [6.07, 6.45) is 1.54. The highest BCUT2D eigenvalue weighted by Gasteiger charge is 2.49. The first-order chi connectivity index (χ1) is 15.6. The largest absolute Gasteiger partial charge is 0.464 e. The van der Waals surface area contributed by atoms with Crippen molar-refractivity contribution in [3.8, 4) is 0 Å². The second-order valence-corrected chi connectivity index (χ2v) is 7.68. The number of benzene rings is 2. The molecule has 1 atom stereocenters. The van der Waals surface area contributed by atoms with Crippen LogP contribution in [0.25, 0.3) is 0 Å². The highest BCUT2D eigenvalue weighted by atomic mass is 16.5. The van der Waals surface area contributed by atoms with Crippen molar-refractivity contribution in [3.05, 3.63) is 60.3 Å². The van der Waals surface area contributed by atoms with Crippen LogP contribution in [0.1, 0.15) is 27.7 Å². The number of amides is 3. The molecule has 2 aromatic rings. The SMILES string of the molecule is CCOC(=O)[C@@]1(C)C=C(Nc2ccc(NC(C)=O)cc2)C(=O)N1c1ccc(NC(C)=O)cc1. The van der Waals surface area contributed by atoms with Gasteiger partial charge in [0, 0.05) is 36.6 Å². The summed E-state index contributed by atoms with van der Waals surface area (Å²) in [6, 6.07) is 13.4. The van der Waals surface area contributed by atoms with Crippen molar-refractivity contribution in [2.75, 3.05) is 27.5 Å². The Morgan fingerprint density at radius 2 is 1.36 bits per heavy atom. The second-order valence-electron chi connectivity index (χ2n) is 7.68. The molecule has 1 aliphatic rings. The van der Waals surface area contributed by atoms with Crippen LogP contribution in [0.4, 0.5) is 22.7 Å². The molecule has 0 aliphatic carbocycles. The number of nitrogens with one attached hydrogen (secondary N) is 3. The van der Waals surface area contributed by atoms with Gasteiger partial charge in [-0.15, -0.1) is 0 Å². The zero-order valence-corrected chi connectivity index (χ0v) is 18.9. The summed E-state index contributed by atoms with van der Waals surface area (Å²) in [5.41, 5.74) is 1.11. The van der Waals surface area contributed by atoms with Gasteiger partial charge >= 0.3 is 5.97 Å². The van der Waals surface area contributed by atoms with Gasteiger partial charge in [-0.1, -0.05) is 0 Å². The van der Waals surface area contributed by atoms with Crippen LogP contribution in [-0.2, 0) is 23.9 Å². The minimum absolute atomic E-state index is 0.166. The maximum absolute atomic E-state index is 13.4. The Morgan fingerprint density at radius 1 is 0.879 bits per heavy atom. The highest BCUT2D eigenvalue weighted by Crippen LogP contribution is 2.36. The van der Waals surface area contributed by atoms with Crippen LogP contribution in [0.2, 0.25) is 0 Å². The van der Waals surface area contributed by atoms with Gasteiger partial charge < -0.3 is 20.7 Å². The molecule has 0 fully saturated rings. The Balaban J connectivity index is 1.91. The molecule has 0 saturated heterocycles. The first kappa shape index (κ1) is 23.5. The van der Waals surface area contributed by atoms with E-state index in [9.17, 15) is 19.2 Å². The van der Waals surface area contributed by atoms with Crippen molar-refractivity contribution in [1.29, 1.82) is 0 Å². The lowest BCUT2D eigenvalue weighted by Crippen LogP contribution is -2.51. The Labute approximate surface area is 191 Å². The zero-order chi connectivity index (χ0) is 24.2. The Kier molecular flexibility index (Phi) is 6.81. The molecule has 1 aliphatic heterocycles. The van der Waals surface area contributed by atoms with Gasteiger partial charge in [-0.05, 0) is 68.5 Å². The monoisotopic (exact) mass is 450 g/mol. The average Bonchev–Trinajstić information content (AvgIpc) is 3.00. The number of anilines is 4. The summed E-state index contributed by atoms with van der Waals surface area (Å²) >= 11 is 0. The molecule has 0 unspecified atom stereocenters. The summed E-state index contributed by atoms with van der Waals surface area (Å²) in [5.74, 6) is -1.38. The normalized spacial score (nSPS) is 17.3. The van der Waals surface area contributed by atoms with E-state index in [2.05, 4.69) is 16.0 Å². The molecule has 0 saturated carbocycles. The highest BCUT2D eigenvalue weighted by molar-refractivity contribution is 6.16. The molecule has 2 aromatic carbocycles. The van der Waals surface area contributed by atoms with Crippen LogP contribution in [0.3, 0.4) is 0 Å². The zero-order valence-electron chi connectivity index (χ0n) is 18.9.